The fourth-order valence-electron chi connectivity index (χ4n) is 2.36. The standard InChI is InChI=1S/C12H13N3O/c1-15-11-6-8-4-2-3-5-10(8)14-12(16)9(11)7-13-15/h2-5,7,9,11H,6H2,1H3,(H,14,16). The Balaban J connectivity index is 2.03. The molecular weight excluding hydrogens is 202 g/mol. The third kappa shape index (κ3) is 1.30. The van der Waals surface area contributed by atoms with E-state index in [4.69, 9.17) is 0 Å². The molecule has 1 aromatic rings. The van der Waals surface area contributed by atoms with Gasteiger partial charge in [-0.2, -0.15) is 5.10 Å². The highest BCUT2D eigenvalue weighted by Crippen LogP contribution is 2.28. The maximum absolute atomic E-state index is 12.0. The molecule has 4 heteroatoms. The van der Waals surface area contributed by atoms with Crippen molar-refractivity contribution in [2.75, 3.05) is 12.4 Å². The molecule has 16 heavy (non-hydrogen) atoms. The Kier molecular flexibility index (Phi) is 1.96. The first-order chi connectivity index (χ1) is 7.75. The average molecular weight is 215 g/mol. The third-order valence-electron chi connectivity index (χ3n) is 3.31. The molecule has 82 valence electrons. The van der Waals surface area contributed by atoms with Crippen LogP contribution < -0.4 is 5.32 Å². The minimum Gasteiger partial charge on any atom is -0.325 e. The highest BCUT2D eigenvalue weighted by atomic mass is 16.2. The first kappa shape index (κ1) is 9.39. The highest BCUT2D eigenvalue weighted by Gasteiger charge is 2.36. The van der Waals surface area contributed by atoms with E-state index in [2.05, 4.69) is 16.5 Å². The van der Waals surface area contributed by atoms with Crippen LogP contribution in [-0.2, 0) is 11.2 Å². The van der Waals surface area contributed by atoms with Crippen molar-refractivity contribution in [1.82, 2.24) is 5.01 Å². The van der Waals surface area contributed by atoms with Crippen molar-refractivity contribution in [2.24, 2.45) is 11.0 Å². The van der Waals surface area contributed by atoms with Gasteiger partial charge in [0.1, 0.15) is 0 Å². The minimum absolute atomic E-state index is 0.0445. The molecule has 0 saturated heterocycles. The number of likely N-dealkylation sites (N-methyl/N-ethyl adjacent to an activating group) is 1. The number of carbonyl (C=O) groups is 1. The summed E-state index contributed by atoms with van der Waals surface area (Å²) in [5, 5.41) is 9.03. The summed E-state index contributed by atoms with van der Waals surface area (Å²) in [6.45, 7) is 0. The quantitative estimate of drug-likeness (QED) is 0.704. The number of hydrogen-bond donors (Lipinski definition) is 1. The van der Waals surface area contributed by atoms with Crippen molar-refractivity contribution in [2.45, 2.75) is 12.5 Å². The molecule has 0 aliphatic carbocycles. The second-order valence-electron chi connectivity index (χ2n) is 4.28. The van der Waals surface area contributed by atoms with Crippen molar-refractivity contribution in [1.29, 1.82) is 0 Å². The molecule has 2 heterocycles. The second kappa shape index (κ2) is 3.33. The molecule has 0 radical (unpaired) electrons. The molecule has 2 aliphatic heterocycles. The number of fused-ring (bicyclic) bond motifs is 2. The molecule has 1 N–H and O–H groups in total. The molecule has 1 aromatic carbocycles. The number of anilines is 1. The summed E-state index contributed by atoms with van der Waals surface area (Å²) in [6.07, 6.45) is 2.60. The van der Waals surface area contributed by atoms with Crippen LogP contribution in [0.5, 0.6) is 0 Å². The SMILES string of the molecule is CN1N=CC2C(=O)Nc3ccccc3CC21. The van der Waals surface area contributed by atoms with E-state index < -0.39 is 0 Å². The zero-order valence-electron chi connectivity index (χ0n) is 9.05. The van der Waals surface area contributed by atoms with E-state index in [1.807, 2.05) is 30.3 Å². The molecule has 3 rings (SSSR count). The molecule has 2 unspecified atom stereocenters. The fraction of sp³-hybridized carbons (Fsp3) is 0.333. The summed E-state index contributed by atoms with van der Waals surface area (Å²) in [6, 6.07) is 8.11. The van der Waals surface area contributed by atoms with Gasteiger partial charge in [-0.15, -0.1) is 0 Å². The normalized spacial score (nSPS) is 27.1. The topological polar surface area (TPSA) is 44.7 Å². The van der Waals surface area contributed by atoms with E-state index in [1.165, 1.54) is 5.56 Å². The van der Waals surface area contributed by atoms with Crippen LogP contribution in [0, 0.1) is 5.92 Å². The monoisotopic (exact) mass is 215 g/mol. The summed E-state index contributed by atoms with van der Waals surface area (Å²) < 4.78 is 0. The van der Waals surface area contributed by atoms with E-state index in [0.29, 0.717) is 0 Å². The van der Waals surface area contributed by atoms with Crippen molar-refractivity contribution >= 4 is 17.8 Å². The van der Waals surface area contributed by atoms with Crippen LogP contribution in [0.3, 0.4) is 0 Å². The molecule has 4 nitrogen and oxygen atoms in total. The van der Waals surface area contributed by atoms with Gasteiger partial charge in [0.25, 0.3) is 0 Å². The van der Waals surface area contributed by atoms with Crippen molar-refractivity contribution in [3.05, 3.63) is 29.8 Å². The lowest BCUT2D eigenvalue weighted by Gasteiger charge is -2.21. The second-order valence-corrected chi connectivity index (χ2v) is 4.28. The number of rotatable bonds is 0. The van der Waals surface area contributed by atoms with Gasteiger partial charge in [-0.3, -0.25) is 9.80 Å². The zero-order valence-corrected chi connectivity index (χ0v) is 9.05. The summed E-state index contributed by atoms with van der Waals surface area (Å²) in [5.74, 6) is -0.0829. The summed E-state index contributed by atoms with van der Waals surface area (Å²) in [5.41, 5.74) is 2.12. The van der Waals surface area contributed by atoms with E-state index >= 15 is 0 Å². The number of carbonyl (C=O) groups excluding carboxylic acids is 1. The highest BCUT2D eigenvalue weighted by molar-refractivity contribution is 6.04. The number of hydrazone groups is 1. The number of nitrogens with one attached hydrogen (secondary N) is 1. The maximum atomic E-state index is 12.0. The van der Waals surface area contributed by atoms with Gasteiger partial charge in [-0.25, -0.2) is 0 Å². The Labute approximate surface area is 93.9 Å². The Morgan fingerprint density at radius 2 is 2.25 bits per heavy atom. The smallest absolute Gasteiger partial charge is 0.235 e. The number of nitrogens with zero attached hydrogens (tertiary/aromatic N) is 2. The fourth-order valence-corrected chi connectivity index (χ4v) is 2.36. The van der Waals surface area contributed by atoms with E-state index in [9.17, 15) is 4.79 Å². The molecular formula is C12H13N3O. The van der Waals surface area contributed by atoms with E-state index in [-0.39, 0.29) is 17.9 Å². The van der Waals surface area contributed by atoms with Gasteiger partial charge in [-0.1, -0.05) is 18.2 Å². The van der Waals surface area contributed by atoms with Gasteiger partial charge in [0.05, 0.1) is 12.0 Å². The first-order valence-corrected chi connectivity index (χ1v) is 5.41. The van der Waals surface area contributed by atoms with Crippen LogP contribution in [0.15, 0.2) is 29.4 Å². The number of para-hydroxylation sites is 1. The molecule has 0 saturated carbocycles. The number of benzene rings is 1. The molecule has 2 atom stereocenters. The summed E-state index contributed by atoms with van der Waals surface area (Å²) >= 11 is 0. The predicted octanol–water partition coefficient (Wildman–Crippen LogP) is 1.10. The predicted molar refractivity (Wildman–Crippen MR) is 62.3 cm³/mol. The van der Waals surface area contributed by atoms with Gasteiger partial charge in [0.15, 0.2) is 0 Å². The Morgan fingerprint density at radius 1 is 1.44 bits per heavy atom. The molecule has 0 spiro atoms. The van der Waals surface area contributed by atoms with Gasteiger partial charge in [0.2, 0.25) is 5.91 Å². The van der Waals surface area contributed by atoms with Crippen LogP contribution in [0.2, 0.25) is 0 Å². The summed E-state index contributed by atoms with van der Waals surface area (Å²) in [7, 11) is 1.92. The number of hydrogen-bond acceptors (Lipinski definition) is 3. The van der Waals surface area contributed by atoms with Crippen LogP contribution in [0.1, 0.15) is 5.56 Å². The van der Waals surface area contributed by atoms with Crippen LogP contribution in [0.4, 0.5) is 5.69 Å². The van der Waals surface area contributed by atoms with Crippen LogP contribution >= 0.6 is 0 Å². The third-order valence-corrected chi connectivity index (χ3v) is 3.31. The lowest BCUT2D eigenvalue weighted by Crippen LogP contribution is -2.36. The van der Waals surface area contributed by atoms with Gasteiger partial charge in [-0.05, 0) is 18.1 Å². The maximum Gasteiger partial charge on any atom is 0.235 e. The first-order valence-electron chi connectivity index (χ1n) is 5.41. The van der Waals surface area contributed by atoms with Gasteiger partial charge in [0, 0.05) is 18.9 Å². The Hall–Kier alpha value is -1.84. The molecule has 0 fully saturated rings. The molecule has 2 aliphatic rings. The molecule has 1 amide bonds. The lowest BCUT2D eigenvalue weighted by atomic mass is 9.96. The largest absolute Gasteiger partial charge is 0.325 e. The van der Waals surface area contributed by atoms with Gasteiger partial charge < -0.3 is 5.32 Å². The van der Waals surface area contributed by atoms with Gasteiger partial charge >= 0.3 is 0 Å². The summed E-state index contributed by atoms with van der Waals surface area (Å²) in [4.78, 5) is 12.0. The van der Waals surface area contributed by atoms with Crippen molar-refractivity contribution < 1.29 is 4.79 Å². The Bertz CT molecular complexity index is 469. The molecule has 0 bridgehead atoms. The van der Waals surface area contributed by atoms with E-state index in [0.717, 1.165) is 12.1 Å². The molecule has 0 aromatic heterocycles. The van der Waals surface area contributed by atoms with Crippen molar-refractivity contribution in [3.8, 4) is 0 Å². The lowest BCUT2D eigenvalue weighted by molar-refractivity contribution is -0.118. The average Bonchev–Trinajstić information content (AvgIpc) is 2.57. The van der Waals surface area contributed by atoms with E-state index in [1.54, 1.807) is 6.21 Å². The van der Waals surface area contributed by atoms with Crippen LogP contribution in [0.25, 0.3) is 0 Å². The minimum atomic E-state index is -0.127. The van der Waals surface area contributed by atoms with Crippen LogP contribution in [-0.4, -0.2) is 30.2 Å². The zero-order chi connectivity index (χ0) is 11.1. The van der Waals surface area contributed by atoms with Crippen molar-refractivity contribution in [3.63, 3.8) is 0 Å². The Morgan fingerprint density at radius 3 is 3.12 bits per heavy atom. The number of amides is 1.